The lowest BCUT2D eigenvalue weighted by molar-refractivity contribution is -0.141. The zero-order valence-corrected chi connectivity index (χ0v) is 6.30. The summed E-state index contributed by atoms with van der Waals surface area (Å²) in [7, 11) is 0. The molecule has 0 aromatic heterocycles. The lowest BCUT2D eigenvalue weighted by Crippen LogP contribution is -2.00. The third-order valence-electron chi connectivity index (χ3n) is 0.858. The zero-order valence-electron chi connectivity index (χ0n) is 6.30. The van der Waals surface area contributed by atoms with Crippen LogP contribution in [-0.2, 0) is 9.53 Å². The lowest BCUT2D eigenvalue weighted by atomic mass is 10.3. The molecule has 0 aliphatic carbocycles. The summed E-state index contributed by atoms with van der Waals surface area (Å²) in [4.78, 5) is 10.1. The summed E-state index contributed by atoms with van der Waals surface area (Å²) in [6.45, 7) is 1.97. The van der Waals surface area contributed by atoms with Crippen molar-refractivity contribution < 1.29 is 14.6 Å². The molecule has 4 N–H and O–H groups in total. The Morgan fingerprint density at radius 2 is 2.10 bits per heavy atom. The van der Waals surface area contributed by atoms with Crippen LogP contribution in [0.15, 0.2) is 0 Å². The molecular weight excluding hydrogens is 134 g/mol. The molecule has 0 rings (SSSR count). The van der Waals surface area contributed by atoms with Crippen LogP contribution in [0.5, 0.6) is 0 Å². The molecule has 0 spiro atoms. The minimum absolute atomic E-state index is 0. The van der Waals surface area contributed by atoms with Crippen molar-refractivity contribution >= 4 is 5.97 Å². The second-order valence-electron chi connectivity index (χ2n) is 1.77. The van der Waals surface area contributed by atoms with E-state index in [0.717, 1.165) is 6.42 Å². The predicted octanol–water partition coefficient (Wildman–Crippen LogP) is 0.484. The fourth-order valence-electron chi connectivity index (χ4n) is 0.430. The second-order valence-corrected chi connectivity index (χ2v) is 1.77. The molecule has 0 heterocycles. The Bertz CT molecular complexity index is 85.1. The highest BCUT2D eigenvalue weighted by molar-refractivity contribution is 5.65. The van der Waals surface area contributed by atoms with Crippen molar-refractivity contribution in [3.63, 3.8) is 0 Å². The summed E-state index contributed by atoms with van der Waals surface area (Å²) in [6.07, 6.45) is 1.45. The average Bonchev–Trinajstić information content (AvgIpc) is 1.80. The van der Waals surface area contributed by atoms with Crippen molar-refractivity contribution in [2.24, 2.45) is 0 Å². The van der Waals surface area contributed by atoms with Crippen molar-refractivity contribution in [1.29, 1.82) is 0 Å². The molecule has 10 heavy (non-hydrogen) atoms. The van der Waals surface area contributed by atoms with Crippen LogP contribution in [0.25, 0.3) is 0 Å². The molecule has 0 fully saturated rings. The monoisotopic (exact) mass is 149 g/mol. The zero-order chi connectivity index (χ0) is 7.11. The molecule has 0 amide bonds. The third-order valence-corrected chi connectivity index (χ3v) is 0.858. The Morgan fingerprint density at radius 3 is 2.50 bits per heavy atom. The largest absolute Gasteiger partial charge is 0.466 e. The van der Waals surface area contributed by atoms with Crippen LogP contribution in [0.1, 0.15) is 19.8 Å². The van der Waals surface area contributed by atoms with Gasteiger partial charge in [-0.15, -0.1) is 0 Å². The first-order chi connectivity index (χ1) is 4.27. The van der Waals surface area contributed by atoms with Gasteiger partial charge in [-0.1, -0.05) is 0 Å². The normalized spacial score (nSPS) is 8.20. The van der Waals surface area contributed by atoms with Crippen molar-refractivity contribution in [1.82, 2.24) is 6.15 Å². The summed E-state index contributed by atoms with van der Waals surface area (Å²) in [5, 5.41) is 8.29. The number of ether oxygens (including phenoxy) is 1. The van der Waals surface area contributed by atoms with Crippen LogP contribution in [0, 0.1) is 0 Å². The highest BCUT2D eigenvalue weighted by Gasteiger charge is 1.90. The van der Waals surface area contributed by atoms with E-state index in [0.29, 0.717) is 13.0 Å². The van der Waals surface area contributed by atoms with Gasteiger partial charge in [0.25, 0.3) is 0 Å². The topological polar surface area (TPSA) is 81.5 Å². The molecule has 0 aromatic carbocycles. The second kappa shape index (κ2) is 8.39. The van der Waals surface area contributed by atoms with Gasteiger partial charge in [-0.2, -0.15) is 0 Å². The Balaban J connectivity index is 0. The van der Waals surface area contributed by atoms with Gasteiger partial charge in [0.2, 0.25) is 0 Å². The Hall–Kier alpha value is -0.610. The third kappa shape index (κ3) is 10.4. The molecule has 0 aromatic rings. The van der Waals surface area contributed by atoms with E-state index >= 15 is 0 Å². The van der Waals surface area contributed by atoms with Crippen LogP contribution >= 0.6 is 0 Å². The summed E-state index contributed by atoms with van der Waals surface area (Å²) in [5.41, 5.74) is 0. The molecule has 0 aliphatic heterocycles. The van der Waals surface area contributed by atoms with Crippen LogP contribution in [-0.4, -0.2) is 24.3 Å². The number of carbonyl (C=O) groups excluding carboxylic acids is 1. The molecule has 0 saturated carbocycles. The smallest absolute Gasteiger partial charge is 0.302 e. The average molecular weight is 149 g/mol. The molecule has 0 bridgehead atoms. The summed E-state index contributed by atoms with van der Waals surface area (Å²) in [5.74, 6) is -0.257. The maximum Gasteiger partial charge on any atom is 0.302 e. The molecule has 62 valence electrons. The van der Waals surface area contributed by atoms with Crippen molar-refractivity contribution in [2.75, 3.05) is 13.2 Å². The molecular formula is C6H15NO3. The molecule has 0 aliphatic rings. The Morgan fingerprint density at radius 1 is 1.50 bits per heavy atom. The van der Waals surface area contributed by atoms with Crippen molar-refractivity contribution in [2.45, 2.75) is 19.8 Å². The standard InChI is InChI=1S/C6H12O3.H3N/c1-6(8)9-5-3-2-4-7;/h7H,2-5H2,1H3;1H3. The highest BCUT2D eigenvalue weighted by atomic mass is 16.5. The van der Waals surface area contributed by atoms with Gasteiger partial charge in [-0.3, -0.25) is 4.79 Å². The van der Waals surface area contributed by atoms with E-state index in [1.54, 1.807) is 0 Å². The van der Waals surface area contributed by atoms with E-state index in [9.17, 15) is 4.79 Å². The van der Waals surface area contributed by atoms with E-state index < -0.39 is 0 Å². The molecule has 0 radical (unpaired) electrons. The molecule has 0 saturated heterocycles. The molecule has 4 nitrogen and oxygen atoms in total. The maximum atomic E-state index is 10.1. The summed E-state index contributed by atoms with van der Waals surface area (Å²) < 4.78 is 4.59. The van der Waals surface area contributed by atoms with Crippen LogP contribution in [0.2, 0.25) is 0 Å². The number of rotatable bonds is 4. The Labute approximate surface area is 60.8 Å². The van der Waals surface area contributed by atoms with Gasteiger partial charge < -0.3 is 16.0 Å². The Kier molecular flexibility index (Phi) is 10.2. The summed E-state index contributed by atoms with van der Waals surface area (Å²) in [6, 6.07) is 0. The first kappa shape index (κ1) is 12.1. The maximum absolute atomic E-state index is 10.1. The van der Waals surface area contributed by atoms with Crippen molar-refractivity contribution in [3.8, 4) is 0 Å². The number of unbranched alkanes of at least 4 members (excludes halogenated alkanes) is 1. The minimum atomic E-state index is -0.257. The quantitative estimate of drug-likeness (QED) is 0.450. The number of aliphatic hydroxyl groups excluding tert-OH is 1. The first-order valence-electron chi connectivity index (χ1n) is 3.01. The van der Waals surface area contributed by atoms with Gasteiger partial charge in [-0.05, 0) is 12.8 Å². The highest BCUT2D eigenvalue weighted by Crippen LogP contribution is 1.87. The van der Waals surface area contributed by atoms with Crippen LogP contribution in [0.4, 0.5) is 0 Å². The fraction of sp³-hybridized carbons (Fsp3) is 0.833. The van der Waals surface area contributed by atoms with E-state index in [1.165, 1.54) is 6.92 Å². The van der Waals surface area contributed by atoms with Crippen molar-refractivity contribution in [3.05, 3.63) is 0 Å². The van der Waals surface area contributed by atoms with Crippen LogP contribution in [0.3, 0.4) is 0 Å². The number of aliphatic hydroxyl groups is 1. The SMILES string of the molecule is CC(=O)OCCCCO.N. The van der Waals surface area contributed by atoms with E-state index in [1.807, 2.05) is 0 Å². The van der Waals surface area contributed by atoms with E-state index in [-0.39, 0.29) is 18.7 Å². The van der Waals surface area contributed by atoms with E-state index in [4.69, 9.17) is 5.11 Å². The molecule has 4 heteroatoms. The lowest BCUT2D eigenvalue weighted by Gasteiger charge is -1.97. The number of hydrogen-bond acceptors (Lipinski definition) is 4. The number of carbonyl (C=O) groups is 1. The molecule has 0 atom stereocenters. The number of hydrogen-bond donors (Lipinski definition) is 2. The van der Waals surface area contributed by atoms with Gasteiger partial charge in [-0.25, -0.2) is 0 Å². The molecule has 0 unspecified atom stereocenters. The fourth-order valence-corrected chi connectivity index (χ4v) is 0.430. The first-order valence-corrected chi connectivity index (χ1v) is 3.01. The predicted molar refractivity (Wildman–Crippen MR) is 38.0 cm³/mol. The van der Waals surface area contributed by atoms with Gasteiger partial charge in [0, 0.05) is 13.5 Å². The summed E-state index contributed by atoms with van der Waals surface area (Å²) >= 11 is 0. The number of esters is 1. The van der Waals surface area contributed by atoms with E-state index in [2.05, 4.69) is 4.74 Å². The van der Waals surface area contributed by atoms with Gasteiger partial charge >= 0.3 is 5.97 Å². The van der Waals surface area contributed by atoms with Gasteiger partial charge in [0.05, 0.1) is 6.61 Å². The van der Waals surface area contributed by atoms with Gasteiger partial charge in [0.15, 0.2) is 0 Å². The van der Waals surface area contributed by atoms with Gasteiger partial charge in [0.1, 0.15) is 0 Å². The van der Waals surface area contributed by atoms with Crippen LogP contribution < -0.4 is 6.15 Å². The minimum Gasteiger partial charge on any atom is -0.466 e.